The number of amides is 1. The molecule has 0 saturated heterocycles. The Kier molecular flexibility index (Phi) is 6.52. The van der Waals surface area contributed by atoms with Crippen LogP contribution < -0.4 is 4.72 Å². The molecule has 0 unspecified atom stereocenters. The van der Waals surface area contributed by atoms with Crippen molar-refractivity contribution in [2.75, 3.05) is 24.1 Å². The van der Waals surface area contributed by atoms with Crippen LogP contribution >= 0.6 is 0 Å². The molecule has 1 aromatic heterocycles. The minimum Gasteiger partial charge on any atom is -0.341 e. The van der Waals surface area contributed by atoms with E-state index in [0.717, 1.165) is 5.69 Å². The minimum absolute atomic E-state index is 0.0507. The zero-order valence-electron chi connectivity index (χ0n) is 14.5. The van der Waals surface area contributed by atoms with Gasteiger partial charge in [0.1, 0.15) is 0 Å². The molecule has 0 atom stereocenters. The van der Waals surface area contributed by atoms with Crippen molar-refractivity contribution in [1.29, 1.82) is 0 Å². The molecule has 2 rings (SSSR count). The third-order valence-corrected chi connectivity index (χ3v) is 5.12. The highest BCUT2D eigenvalue weighted by Gasteiger charge is 2.14. The second kappa shape index (κ2) is 8.62. The van der Waals surface area contributed by atoms with E-state index in [9.17, 15) is 13.2 Å². The van der Waals surface area contributed by atoms with E-state index in [-0.39, 0.29) is 11.7 Å². The average Bonchev–Trinajstić information content (AvgIpc) is 2.59. The monoisotopic (exact) mass is 361 g/mol. The smallest absolute Gasteiger partial charge is 0.253 e. The van der Waals surface area contributed by atoms with Gasteiger partial charge in [0, 0.05) is 43.2 Å². The number of pyridine rings is 1. The van der Waals surface area contributed by atoms with Gasteiger partial charge in [0.05, 0.1) is 5.75 Å². The summed E-state index contributed by atoms with van der Waals surface area (Å²) in [6.45, 7) is 2.33. The molecule has 1 heterocycles. The number of carbonyl (C=O) groups is 1. The summed E-state index contributed by atoms with van der Waals surface area (Å²) >= 11 is 0. The van der Waals surface area contributed by atoms with Crippen molar-refractivity contribution < 1.29 is 13.2 Å². The van der Waals surface area contributed by atoms with Crippen LogP contribution in [-0.4, -0.2) is 43.6 Å². The van der Waals surface area contributed by atoms with Gasteiger partial charge in [-0.3, -0.25) is 14.5 Å². The predicted octanol–water partition coefficient (Wildman–Crippen LogP) is 2.55. The Labute approximate surface area is 148 Å². The summed E-state index contributed by atoms with van der Waals surface area (Å²) in [6.07, 6.45) is 2.92. The largest absolute Gasteiger partial charge is 0.341 e. The molecule has 0 aliphatic carbocycles. The van der Waals surface area contributed by atoms with Crippen molar-refractivity contribution in [3.05, 3.63) is 59.9 Å². The Morgan fingerprint density at radius 2 is 2.00 bits per heavy atom. The number of aromatic nitrogens is 1. The highest BCUT2D eigenvalue weighted by Crippen LogP contribution is 2.14. The van der Waals surface area contributed by atoms with Gasteiger partial charge >= 0.3 is 0 Å². The number of carbonyl (C=O) groups excluding carboxylic acids is 1. The Balaban J connectivity index is 2.02. The number of rotatable bonds is 8. The third-order valence-electron chi connectivity index (χ3n) is 3.63. The fraction of sp³-hybridized carbons (Fsp3) is 0.333. The quantitative estimate of drug-likeness (QED) is 0.784. The molecule has 7 heteroatoms. The number of nitrogens with one attached hydrogen (secondary N) is 1. The van der Waals surface area contributed by atoms with E-state index < -0.39 is 10.0 Å². The number of nitrogens with zero attached hydrogens (tertiary/aromatic N) is 2. The standard InChI is InChI=1S/C18H23N3O3S/c1-3-13-25(23,24)20-17-9-6-7-15(14-17)18(22)21(2)12-10-16-8-4-5-11-19-16/h4-9,11,14,20H,3,10,12-13H2,1-2H3. The van der Waals surface area contributed by atoms with Gasteiger partial charge in [-0.25, -0.2) is 8.42 Å². The molecule has 0 bridgehead atoms. The van der Waals surface area contributed by atoms with E-state index in [4.69, 9.17) is 0 Å². The molecule has 2 aromatic rings. The lowest BCUT2D eigenvalue weighted by molar-refractivity contribution is 0.0796. The molecule has 0 spiro atoms. The summed E-state index contributed by atoms with van der Waals surface area (Å²) in [4.78, 5) is 18.4. The Hall–Kier alpha value is -2.41. The van der Waals surface area contributed by atoms with Crippen molar-refractivity contribution in [1.82, 2.24) is 9.88 Å². The zero-order valence-corrected chi connectivity index (χ0v) is 15.3. The number of sulfonamides is 1. The molecule has 134 valence electrons. The first-order chi connectivity index (χ1) is 11.9. The minimum atomic E-state index is -3.38. The van der Waals surface area contributed by atoms with Crippen molar-refractivity contribution in [3.8, 4) is 0 Å². The van der Waals surface area contributed by atoms with Gasteiger partial charge in [0.25, 0.3) is 5.91 Å². The Morgan fingerprint density at radius 3 is 2.68 bits per heavy atom. The van der Waals surface area contributed by atoms with Crippen LogP contribution in [0.1, 0.15) is 29.4 Å². The zero-order chi connectivity index (χ0) is 18.3. The lowest BCUT2D eigenvalue weighted by Gasteiger charge is -2.17. The normalized spacial score (nSPS) is 11.1. The number of anilines is 1. The van der Waals surface area contributed by atoms with Crippen LogP contribution in [0.2, 0.25) is 0 Å². The molecule has 6 nitrogen and oxygen atoms in total. The SMILES string of the molecule is CCCS(=O)(=O)Nc1cccc(C(=O)N(C)CCc2ccccn2)c1. The first kappa shape index (κ1) is 18.9. The van der Waals surface area contributed by atoms with Crippen molar-refractivity contribution in [2.45, 2.75) is 19.8 Å². The van der Waals surface area contributed by atoms with Gasteiger partial charge in [0.2, 0.25) is 10.0 Å². The molecule has 1 aromatic carbocycles. The molecule has 1 amide bonds. The van der Waals surface area contributed by atoms with Crippen LogP contribution in [-0.2, 0) is 16.4 Å². The highest BCUT2D eigenvalue weighted by atomic mass is 32.2. The van der Waals surface area contributed by atoms with E-state index in [1.807, 2.05) is 18.2 Å². The second-order valence-electron chi connectivity index (χ2n) is 5.80. The van der Waals surface area contributed by atoms with Crippen molar-refractivity contribution >= 4 is 21.6 Å². The molecule has 0 aliphatic heterocycles. The third kappa shape index (κ3) is 5.86. The summed E-state index contributed by atoms with van der Waals surface area (Å²) in [5.41, 5.74) is 1.76. The first-order valence-corrected chi connectivity index (χ1v) is 9.82. The lowest BCUT2D eigenvalue weighted by Crippen LogP contribution is -2.29. The molecule has 0 radical (unpaired) electrons. The average molecular weight is 361 g/mol. The maximum absolute atomic E-state index is 12.5. The topological polar surface area (TPSA) is 79.4 Å². The van der Waals surface area contributed by atoms with E-state index in [1.54, 1.807) is 49.3 Å². The maximum atomic E-state index is 12.5. The molecule has 1 N–H and O–H groups in total. The second-order valence-corrected chi connectivity index (χ2v) is 7.64. The van der Waals surface area contributed by atoms with E-state index in [0.29, 0.717) is 30.6 Å². The molecule has 0 saturated carbocycles. The number of hydrogen-bond donors (Lipinski definition) is 1. The van der Waals surface area contributed by atoms with Crippen LogP contribution in [0, 0.1) is 0 Å². The first-order valence-electron chi connectivity index (χ1n) is 8.17. The molecule has 0 aliphatic rings. The summed E-state index contributed by atoms with van der Waals surface area (Å²) in [6, 6.07) is 12.2. The maximum Gasteiger partial charge on any atom is 0.253 e. The lowest BCUT2D eigenvalue weighted by atomic mass is 10.1. The van der Waals surface area contributed by atoms with Gasteiger partial charge in [-0.05, 0) is 36.8 Å². The molecular weight excluding hydrogens is 338 g/mol. The van der Waals surface area contributed by atoms with Crippen molar-refractivity contribution in [3.63, 3.8) is 0 Å². The summed E-state index contributed by atoms with van der Waals surface area (Å²) < 4.78 is 26.2. The van der Waals surface area contributed by atoms with E-state index in [2.05, 4.69) is 9.71 Å². The van der Waals surface area contributed by atoms with Crippen LogP contribution in [0.5, 0.6) is 0 Å². The Bertz CT molecular complexity index is 807. The fourth-order valence-corrected chi connectivity index (χ4v) is 3.49. The van der Waals surface area contributed by atoms with Crippen LogP contribution in [0.25, 0.3) is 0 Å². The van der Waals surface area contributed by atoms with Crippen molar-refractivity contribution in [2.24, 2.45) is 0 Å². The van der Waals surface area contributed by atoms with Gasteiger partial charge < -0.3 is 4.90 Å². The Morgan fingerprint density at radius 1 is 1.20 bits per heavy atom. The van der Waals surface area contributed by atoms with Gasteiger partial charge in [-0.15, -0.1) is 0 Å². The number of hydrogen-bond acceptors (Lipinski definition) is 4. The fourth-order valence-electron chi connectivity index (χ4n) is 2.37. The number of benzene rings is 1. The van der Waals surface area contributed by atoms with E-state index in [1.165, 1.54) is 0 Å². The number of likely N-dealkylation sites (N-methyl/N-ethyl adjacent to an activating group) is 1. The van der Waals surface area contributed by atoms with Gasteiger partial charge in [-0.1, -0.05) is 19.1 Å². The van der Waals surface area contributed by atoms with Crippen LogP contribution in [0.4, 0.5) is 5.69 Å². The van der Waals surface area contributed by atoms with E-state index >= 15 is 0 Å². The predicted molar refractivity (Wildman–Crippen MR) is 99.0 cm³/mol. The summed E-state index contributed by atoms with van der Waals surface area (Å²) in [5, 5.41) is 0. The van der Waals surface area contributed by atoms with Gasteiger partial charge in [-0.2, -0.15) is 0 Å². The van der Waals surface area contributed by atoms with Crippen LogP contribution in [0.3, 0.4) is 0 Å². The molecular formula is C18H23N3O3S. The molecule has 25 heavy (non-hydrogen) atoms. The summed E-state index contributed by atoms with van der Waals surface area (Å²) in [5.74, 6) is -0.109. The highest BCUT2D eigenvalue weighted by molar-refractivity contribution is 7.92. The van der Waals surface area contributed by atoms with Gasteiger partial charge in [0.15, 0.2) is 0 Å². The molecule has 0 fully saturated rings. The summed E-state index contributed by atoms with van der Waals surface area (Å²) in [7, 11) is -1.66. The van der Waals surface area contributed by atoms with Crippen LogP contribution in [0.15, 0.2) is 48.7 Å².